The Kier molecular flexibility index (Phi) is 6.24. The number of nitrogens with two attached hydrogens (primary N) is 1. The standard InChI is InChI=1S/C20H18N2O.ClH/c21-14-16-9-10-22-19(11-16)17-7-4-8-18(13-17)20(23)12-15-5-2-1-3-6-15;/h1-11,13H,12,14,21H2;1H. The molecule has 122 valence electrons. The van der Waals surface area contributed by atoms with Crippen LogP contribution in [0.2, 0.25) is 0 Å². The normalized spacial score (nSPS) is 10.0. The molecule has 0 atom stereocenters. The van der Waals surface area contributed by atoms with Crippen LogP contribution in [0.3, 0.4) is 0 Å². The first-order chi connectivity index (χ1) is 11.3. The average Bonchev–Trinajstić information content (AvgIpc) is 2.63. The van der Waals surface area contributed by atoms with E-state index in [4.69, 9.17) is 5.73 Å². The fourth-order valence-corrected chi connectivity index (χ4v) is 2.49. The minimum Gasteiger partial charge on any atom is -0.326 e. The van der Waals surface area contributed by atoms with E-state index in [-0.39, 0.29) is 18.2 Å². The summed E-state index contributed by atoms with van der Waals surface area (Å²) in [6.07, 6.45) is 2.15. The molecule has 0 bridgehead atoms. The number of rotatable bonds is 5. The topological polar surface area (TPSA) is 56.0 Å². The maximum absolute atomic E-state index is 12.5. The van der Waals surface area contributed by atoms with Crippen molar-refractivity contribution in [2.24, 2.45) is 5.73 Å². The van der Waals surface area contributed by atoms with E-state index in [2.05, 4.69) is 4.98 Å². The van der Waals surface area contributed by atoms with E-state index >= 15 is 0 Å². The van der Waals surface area contributed by atoms with Gasteiger partial charge in [0.1, 0.15) is 0 Å². The van der Waals surface area contributed by atoms with Crippen LogP contribution in [0, 0.1) is 0 Å². The van der Waals surface area contributed by atoms with E-state index in [9.17, 15) is 4.79 Å². The summed E-state index contributed by atoms with van der Waals surface area (Å²) in [6.45, 7) is 0.474. The second kappa shape index (κ2) is 8.39. The molecular weight excluding hydrogens is 320 g/mol. The summed E-state index contributed by atoms with van der Waals surface area (Å²) in [4.78, 5) is 16.9. The van der Waals surface area contributed by atoms with Crippen molar-refractivity contribution in [1.29, 1.82) is 0 Å². The monoisotopic (exact) mass is 338 g/mol. The van der Waals surface area contributed by atoms with Gasteiger partial charge >= 0.3 is 0 Å². The van der Waals surface area contributed by atoms with Gasteiger partial charge in [0.05, 0.1) is 5.69 Å². The van der Waals surface area contributed by atoms with Crippen molar-refractivity contribution in [2.75, 3.05) is 0 Å². The molecule has 1 aromatic heterocycles. The maximum Gasteiger partial charge on any atom is 0.167 e. The lowest BCUT2D eigenvalue weighted by atomic mass is 10.00. The van der Waals surface area contributed by atoms with Crippen LogP contribution in [0.4, 0.5) is 0 Å². The molecule has 3 aromatic rings. The average molecular weight is 339 g/mol. The molecule has 3 nitrogen and oxygen atoms in total. The largest absolute Gasteiger partial charge is 0.326 e. The highest BCUT2D eigenvalue weighted by atomic mass is 35.5. The van der Waals surface area contributed by atoms with Crippen LogP contribution in [-0.4, -0.2) is 10.8 Å². The van der Waals surface area contributed by atoms with Crippen molar-refractivity contribution >= 4 is 18.2 Å². The van der Waals surface area contributed by atoms with Crippen molar-refractivity contribution in [3.63, 3.8) is 0 Å². The highest BCUT2D eigenvalue weighted by molar-refractivity contribution is 5.98. The van der Waals surface area contributed by atoms with Gasteiger partial charge < -0.3 is 5.73 Å². The molecule has 0 spiro atoms. The molecule has 4 heteroatoms. The molecule has 3 rings (SSSR count). The Balaban J connectivity index is 0.00000208. The smallest absolute Gasteiger partial charge is 0.167 e. The zero-order chi connectivity index (χ0) is 16.1. The number of nitrogens with zero attached hydrogens (tertiary/aromatic N) is 1. The van der Waals surface area contributed by atoms with Gasteiger partial charge in [-0.25, -0.2) is 0 Å². The molecule has 2 N–H and O–H groups in total. The Labute approximate surface area is 148 Å². The van der Waals surface area contributed by atoms with Crippen LogP contribution in [0.5, 0.6) is 0 Å². The molecule has 0 unspecified atom stereocenters. The summed E-state index contributed by atoms with van der Waals surface area (Å²) in [7, 11) is 0. The highest BCUT2D eigenvalue weighted by Gasteiger charge is 2.09. The third-order valence-corrected chi connectivity index (χ3v) is 3.75. The Morgan fingerprint density at radius 2 is 1.71 bits per heavy atom. The van der Waals surface area contributed by atoms with E-state index in [1.807, 2.05) is 66.7 Å². The quantitative estimate of drug-likeness (QED) is 0.714. The van der Waals surface area contributed by atoms with E-state index in [0.29, 0.717) is 18.5 Å². The Hall–Kier alpha value is -2.49. The third-order valence-electron chi connectivity index (χ3n) is 3.75. The van der Waals surface area contributed by atoms with Crippen LogP contribution >= 0.6 is 12.4 Å². The van der Waals surface area contributed by atoms with Gasteiger partial charge in [0.15, 0.2) is 5.78 Å². The number of ketones is 1. The minimum absolute atomic E-state index is 0. The van der Waals surface area contributed by atoms with Gasteiger partial charge in [0.25, 0.3) is 0 Å². The SMILES string of the molecule is Cl.NCc1ccnc(-c2cccc(C(=O)Cc3ccccc3)c2)c1. The summed E-state index contributed by atoms with van der Waals surface area (Å²) in [5, 5.41) is 0. The summed E-state index contributed by atoms with van der Waals surface area (Å²) in [5.41, 5.74) is 10.2. The molecule has 0 fully saturated rings. The number of carbonyl (C=O) groups excluding carboxylic acids is 1. The summed E-state index contributed by atoms with van der Waals surface area (Å²) in [5.74, 6) is 0.105. The Bertz CT molecular complexity index is 819. The first-order valence-electron chi connectivity index (χ1n) is 7.59. The molecule has 2 aromatic carbocycles. The maximum atomic E-state index is 12.5. The highest BCUT2D eigenvalue weighted by Crippen LogP contribution is 2.20. The number of hydrogen-bond donors (Lipinski definition) is 1. The zero-order valence-electron chi connectivity index (χ0n) is 13.2. The fourth-order valence-electron chi connectivity index (χ4n) is 2.49. The molecule has 0 saturated carbocycles. The van der Waals surface area contributed by atoms with Crippen molar-refractivity contribution in [3.05, 3.63) is 89.6 Å². The van der Waals surface area contributed by atoms with Gasteiger partial charge in [-0.05, 0) is 29.3 Å². The van der Waals surface area contributed by atoms with Gasteiger partial charge in [-0.2, -0.15) is 0 Å². The van der Waals surface area contributed by atoms with Crippen LogP contribution in [0.15, 0.2) is 72.9 Å². The van der Waals surface area contributed by atoms with Crippen molar-refractivity contribution < 1.29 is 4.79 Å². The first kappa shape index (κ1) is 17.9. The van der Waals surface area contributed by atoms with Gasteiger partial charge in [-0.15, -0.1) is 12.4 Å². The molecule has 0 saturated heterocycles. The molecule has 0 amide bonds. The first-order valence-corrected chi connectivity index (χ1v) is 7.59. The van der Waals surface area contributed by atoms with Gasteiger partial charge in [-0.1, -0.05) is 48.5 Å². The van der Waals surface area contributed by atoms with Crippen LogP contribution in [-0.2, 0) is 13.0 Å². The second-order valence-corrected chi connectivity index (χ2v) is 5.42. The number of aromatic nitrogens is 1. The number of Topliss-reactive ketones (excluding diaryl/α,β-unsaturated/α-hetero) is 1. The number of pyridine rings is 1. The molecule has 0 aliphatic heterocycles. The zero-order valence-corrected chi connectivity index (χ0v) is 14.0. The molecule has 1 heterocycles. The van der Waals surface area contributed by atoms with E-state index < -0.39 is 0 Å². The Morgan fingerprint density at radius 3 is 2.46 bits per heavy atom. The minimum atomic E-state index is 0. The lowest BCUT2D eigenvalue weighted by Gasteiger charge is -2.06. The van der Waals surface area contributed by atoms with Crippen LogP contribution in [0.1, 0.15) is 21.5 Å². The third kappa shape index (κ3) is 4.28. The fraction of sp³-hybridized carbons (Fsp3) is 0.100. The molecule has 0 aliphatic rings. The summed E-state index contributed by atoms with van der Waals surface area (Å²) >= 11 is 0. The van der Waals surface area contributed by atoms with E-state index in [1.54, 1.807) is 6.20 Å². The second-order valence-electron chi connectivity index (χ2n) is 5.42. The summed E-state index contributed by atoms with van der Waals surface area (Å²) < 4.78 is 0. The van der Waals surface area contributed by atoms with Gasteiger partial charge in [-0.3, -0.25) is 9.78 Å². The van der Waals surface area contributed by atoms with Crippen molar-refractivity contribution in [2.45, 2.75) is 13.0 Å². The van der Waals surface area contributed by atoms with E-state index in [0.717, 1.165) is 22.4 Å². The predicted molar refractivity (Wildman–Crippen MR) is 99.3 cm³/mol. The van der Waals surface area contributed by atoms with E-state index in [1.165, 1.54) is 0 Å². The van der Waals surface area contributed by atoms with Gasteiger partial charge in [0, 0.05) is 30.3 Å². The molecular formula is C20H19ClN2O. The number of halogens is 1. The molecule has 24 heavy (non-hydrogen) atoms. The number of hydrogen-bond acceptors (Lipinski definition) is 3. The van der Waals surface area contributed by atoms with Gasteiger partial charge in [0.2, 0.25) is 0 Å². The number of carbonyl (C=O) groups is 1. The molecule has 0 radical (unpaired) electrons. The summed E-state index contributed by atoms with van der Waals surface area (Å²) in [6, 6.07) is 21.2. The van der Waals surface area contributed by atoms with Crippen LogP contribution in [0.25, 0.3) is 11.3 Å². The van der Waals surface area contributed by atoms with Crippen LogP contribution < -0.4 is 5.73 Å². The molecule has 0 aliphatic carbocycles. The lowest BCUT2D eigenvalue weighted by Crippen LogP contribution is -2.03. The van der Waals surface area contributed by atoms with Crippen molar-refractivity contribution in [1.82, 2.24) is 4.98 Å². The lowest BCUT2D eigenvalue weighted by molar-refractivity contribution is 0.0993. The Morgan fingerprint density at radius 1 is 0.917 bits per heavy atom. The number of benzene rings is 2. The van der Waals surface area contributed by atoms with Crippen molar-refractivity contribution in [3.8, 4) is 11.3 Å². The predicted octanol–water partition coefficient (Wildman–Crippen LogP) is 4.05.